The summed E-state index contributed by atoms with van der Waals surface area (Å²) in [6, 6.07) is 7.84. The molecule has 1 heterocycles. The van der Waals surface area contributed by atoms with Gasteiger partial charge in [0, 0.05) is 25.4 Å². The molecule has 0 bridgehead atoms. The van der Waals surface area contributed by atoms with Crippen molar-refractivity contribution in [1.82, 2.24) is 4.90 Å². The maximum atomic E-state index is 12.3. The number of carbonyl (C=O) groups is 1. The molecule has 5 heteroatoms. The average Bonchev–Trinajstić information content (AvgIpc) is 2.53. The van der Waals surface area contributed by atoms with E-state index in [0.717, 1.165) is 37.1 Å². The van der Waals surface area contributed by atoms with E-state index in [1.165, 1.54) is 0 Å². The van der Waals surface area contributed by atoms with Crippen LogP contribution in [0, 0.1) is 5.92 Å². The molecule has 0 aliphatic carbocycles. The van der Waals surface area contributed by atoms with E-state index in [0.29, 0.717) is 18.0 Å². The van der Waals surface area contributed by atoms with E-state index < -0.39 is 0 Å². The van der Waals surface area contributed by atoms with Crippen molar-refractivity contribution < 1.29 is 9.53 Å². The van der Waals surface area contributed by atoms with Crippen molar-refractivity contribution in [2.75, 3.05) is 20.2 Å². The Hall–Kier alpha value is -1.62. The number of aryl methyl sites for hydroxylation is 1. The molecular weight excluding hydrogens is 284 g/mol. The summed E-state index contributed by atoms with van der Waals surface area (Å²) in [6.45, 7) is 1.50. The van der Waals surface area contributed by atoms with Crippen molar-refractivity contribution in [2.24, 2.45) is 11.7 Å². The molecule has 0 aromatic heterocycles. The highest BCUT2D eigenvalue weighted by Crippen LogP contribution is 2.18. The lowest BCUT2D eigenvalue weighted by Gasteiger charge is -2.32. The van der Waals surface area contributed by atoms with Gasteiger partial charge in [-0.25, -0.2) is 0 Å². The van der Waals surface area contributed by atoms with Crippen molar-refractivity contribution >= 4 is 23.1 Å². The molecular formula is C16H22N2O2S. The van der Waals surface area contributed by atoms with Crippen molar-refractivity contribution in [3.05, 3.63) is 29.8 Å². The minimum absolute atomic E-state index is 0.179. The summed E-state index contributed by atoms with van der Waals surface area (Å²) >= 11 is 5.05. The van der Waals surface area contributed by atoms with Crippen LogP contribution in [0.25, 0.3) is 0 Å². The fourth-order valence-electron chi connectivity index (χ4n) is 2.64. The minimum Gasteiger partial charge on any atom is -0.497 e. The Morgan fingerprint density at radius 1 is 1.43 bits per heavy atom. The lowest BCUT2D eigenvalue weighted by molar-refractivity contribution is -0.132. The molecule has 0 radical (unpaired) electrons. The van der Waals surface area contributed by atoms with Crippen LogP contribution in [0.15, 0.2) is 24.3 Å². The van der Waals surface area contributed by atoms with E-state index in [-0.39, 0.29) is 11.8 Å². The number of hydrogen-bond donors (Lipinski definition) is 1. The largest absolute Gasteiger partial charge is 0.497 e. The van der Waals surface area contributed by atoms with Gasteiger partial charge in [0.2, 0.25) is 5.91 Å². The number of nitrogens with zero attached hydrogens (tertiary/aromatic N) is 1. The summed E-state index contributed by atoms with van der Waals surface area (Å²) in [6.07, 6.45) is 3.25. The first-order chi connectivity index (χ1) is 10.1. The number of thiocarbonyl (C=S) groups is 1. The van der Waals surface area contributed by atoms with Gasteiger partial charge in [-0.15, -0.1) is 0 Å². The molecule has 2 rings (SSSR count). The smallest absolute Gasteiger partial charge is 0.222 e. The van der Waals surface area contributed by atoms with Crippen molar-refractivity contribution in [3.8, 4) is 5.75 Å². The van der Waals surface area contributed by atoms with Crippen molar-refractivity contribution in [2.45, 2.75) is 25.7 Å². The molecule has 1 aliphatic heterocycles. The maximum Gasteiger partial charge on any atom is 0.222 e. The molecule has 21 heavy (non-hydrogen) atoms. The molecule has 1 amide bonds. The van der Waals surface area contributed by atoms with Gasteiger partial charge in [0.25, 0.3) is 0 Å². The number of rotatable bonds is 5. The summed E-state index contributed by atoms with van der Waals surface area (Å²) in [5, 5.41) is 0. The second-order valence-electron chi connectivity index (χ2n) is 5.43. The summed E-state index contributed by atoms with van der Waals surface area (Å²) in [7, 11) is 1.65. The van der Waals surface area contributed by atoms with Crippen molar-refractivity contribution in [1.29, 1.82) is 0 Å². The van der Waals surface area contributed by atoms with Gasteiger partial charge in [-0.05, 0) is 37.0 Å². The summed E-state index contributed by atoms with van der Waals surface area (Å²) in [4.78, 5) is 14.7. The van der Waals surface area contributed by atoms with E-state index in [1.807, 2.05) is 29.2 Å². The molecule has 1 fully saturated rings. The molecule has 2 N–H and O–H groups in total. The molecule has 1 unspecified atom stereocenters. The zero-order valence-corrected chi connectivity index (χ0v) is 13.2. The van der Waals surface area contributed by atoms with Crippen molar-refractivity contribution in [3.63, 3.8) is 0 Å². The normalized spacial score (nSPS) is 18.3. The highest BCUT2D eigenvalue weighted by atomic mass is 32.1. The minimum atomic E-state index is 0.179. The Labute approximate surface area is 131 Å². The molecule has 114 valence electrons. The van der Waals surface area contributed by atoms with Gasteiger partial charge in [0.05, 0.1) is 12.1 Å². The van der Waals surface area contributed by atoms with Gasteiger partial charge in [-0.1, -0.05) is 24.4 Å². The van der Waals surface area contributed by atoms with Gasteiger partial charge in [-0.2, -0.15) is 0 Å². The van der Waals surface area contributed by atoms with E-state index >= 15 is 0 Å². The monoisotopic (exact) mass is 306 g/mol. The zero-order valence-electron chi connectivity index (χ0n) is 12.4. The van der Waals surface area contributed by atoms with Crippen LogP contribution in [0.2, 0.25) is 0 Å². The molecule has 1 aliphatic rings. The van der Waals surface area contributed by atoms with Gasteiger partial charge in [-0.3, -0.25) is 4.79 Å². The summed E-state index contributed by atoms with van der Waals surface area (Å²) in [5.74, 6) is 1.20. The fourth-order valence-corrected chi connectivity index (χ4v) is 2.83. The predicted molar refractivity (Wildman–Crippen MR) is 87.4 cm³/mol. The molecule has 1 atom stereocenters. The van der Waals surface area contributed by atoms with Gasteiger partial charge < -0.3 is 15.4 Å². The van der Waals surface area contributed by atoms with E-state index in [4.69, 9.17) is 22.7 Å². The Kier molecular flexibility index (Phi) is 5.56. The van der Waals surface area contributed by atoms with Crippen LogP contribution in [0.4, 0.5) is 0 Å². The fraction of sp³-hybridized carbons (Fsp3) is 0.500. The Balaban J connectivity index is 1.84. The van der Waals surface area contributed by atoms with E-state index in [2.05, 4.69) is 0 Å². The number of nitrogens with two attached hydrogens (primary N) is 1. The third-order valence-corrected chi connectivity index (χ3v) is 4.30. The molecule has 0 saturated carbocycles. The quantitative estimate of drug-likeness (QED) is 0.847. The lowest BCUT2D eigenvalue weighted by atomic mass is 9.97. The van der Waals surface area contributed by atoms with Crippen LogP contribution >= 0.6 is 12.2 Å². The van der Waals surface area contributed by atoms with Crippen LogP contribution in [-0.2, 0) is 11.2 Å². The second kappa shape index (κ2) is 7.41. The van der Waals surface area contributed by atoms with Crippen LogP contribution in [-0.4, -0.2) is 36.0 Å². The number of likely N-dealkylation sites (tertiary alicyclic amines) is 1. The van der Waals surface area contributed by atoms with Crippen LogP contribution in [0.1, 0.15) is 24.8 Å². The Morgan fingerprint density at radius 3 is 2.76 bits per heavy atom. The number of benzene rings is 1. The highest BCUT2D eigenvalue weighted by Gasteiger charge is 2.24. The zero-order chi connectivity index (χ0) is 15.2. The number of methoxy groups -OCH3 is 1. The van der Waals surface area contributed by atoms with Crippen LogP contribution in [0.5, 0.6) is 5.75 Å². The lowest BCUT2D eigenvalue weighted by Crippen LogP contribution is -2.43. The Morgan fingerprint density at radius 2 is 2.14 bits per heavy atom. The number of ether oxygens (including phenoxy) is 1. The molecule has 0 spiro atoms. The van der Waals surface area contributed by atoms with E-state index in [1.54, 1.807) is 7.11 Å². The third kappa shape index (κ3) is 4.43. The first-order valence-electron chi connectivity index (χ1n) is 7.30. The standard InChI is InChI=1S/C16H22N2O2S/c1-20-14-7-4-12(5-8-14)6-9-15(19)18-10-2-3-13(11-18)16(17)21/h4-5,7-8,13H,2-3,6,9-11H2,1H3,(H2,17,21). The van der Waals surface area contributed by atoms with Gasteiger partial charge >= 0.3 is 0 Å². The second-order valence-corrected chi connectivity index (χ2v) is 5.90. The molecule has 4 nitrogen and oxygen atoms in total. The third-order valence-electron chi connectivity index (χ3n) is 3.96. The van der Waals surface area contributed by atoms with E-state index in [9.17, 15) is 4.79 Å². The number of hydrogen-bond acceptors (Lipinski definition) is 3. The highest BCUT2D eigenvalue weighted by molar-refractivity contribution is 7.80. The molecule has 1 aromatic carbocycles. The summed E-state index contributed by atoms with van der Waals surface area (Å²) in [5.41, 5.74) is 6.85. The average molecular weight is 306 g/mol. The Bertz CT molecular complexity index is 502. The molecule has 1 aromatic rings. The predicted octanol–water partition coefficient (Wildman–Crippen LogP) is 2.15. The molecule has 1 saturated heterocycles. The number of piperidine rings is 1. The SMILES string of the molecule is COc1ccc(CCC(=O)N2CCCC(C(N)=S)C2)cc1. The van der Waals surface area contributed by atoms with Crippen LogP contribution in [0.3, 0.4) is 0 Å². The number of amides is 1. The first kappa shape index (κ1) is 15.8. The topological polar surface area (TPSA) is 55.6 Å². The maximum absolute atomic E-state index is 12.3. The van der Waals surface area contributed by atoms with Gasteiger partial charge in [0.1, 0.15) is 5.75 Å². The van der Waals surface area contributed by atoms with Crippen LogP contribution < -0.4 is 10.5 Å². The number of carbonyl (C=O) groups excluding carboxylic acids is 1. The summed E-state index contributed by atoms with van der Waals surface area (Å²) < 4.78 is 5.12. The first-order valence-corrected chi connectivity index (χ1v) is 7.71. The van der Waals surface area contributed by atoms with Gasteiger partial charge in [0.15, 0.2) is 0 Å².